The molecule has 0 saturated carbocycles. The predicted molar refractivity (Wildman–Crippen MR) is 82.8 cm³/mol. The molecule has 0 amide bonds. The van der Waals surface area contributed by atoms with Crippen LogP contribution in [0.1, 0.15) is 24.5 Å². The first-order valence-corrected chi connectivity index (χ1v) is 7.97. The van der Waals surface area contributed by atoms with Crippen LogP contribution in [0.4, 0.5) is 35.1 Å². The van der Waals surface area contributed by atoms with E-state index < -0.39 is 53.4 Å². The Labute approximate surface area is 154 Å². The molecule has 0 saturated heterocycles. The Balaban J connectivity index is 2.23. The predicted octanol–water partition coefficient (Wildman–Crippen LogP) is 6.13. The van der Waals surface area contributed by atoms with Gasteiger partial charge in [0.25, 0.3) is 0 Å². The van der Waals surface area contributed by atoms with Gasteiger partial charge in [-0.3, -0.25) is 0 Å². The number of alkyl halides is 5. The molecule has 0 unspecified atom stereocenters. The molecule has 0 heterocycles. The molecule has 0 aliphatic heterocycles. The largest absolute Gasteiger partial charge is 0.481 e. The lowest BCUT2D eigenvalue weighted by molar-refractivity contribution is -0.189. The average Bonchev–Trinajstić information content (AvgIpc) is 2.52. The van der Waals surface area contributed by atoms with Gasteiger partial charge in [0.1, 0.15) is 22.9 Å². The lowest BCUT2D eigenvalue weighted by atomic mass is 10.1. The van der Waals surface area contributed by atoms with Crippen molar-refractivity contribution in [2.24, 2.45) is 0 Å². The molecule has 10 heteroatoms. The van der Waals surface area contributed by atoms with Gasteiger partial charge in [0.2, 0.25) is 0 Å². The standard InChI is InChI=1S/C18H14F8O2/c1-2-3-10-6-13(20)16(14(21)7-10)18(25,26)28-11-4-5-15(12(19)8-11)27-9-17(22,23)24/h4-8H,2-3,9H2,1H3. The molecule has 0 atom stereocenters. The lowest BCUT2D eigenvalue weighted by Gasteiger charge is -2.20. The SMILES string of the molecule is CCCc1cc(F)c(C(F)(F)Oc2ccc(OCC(F)(F)F)c(F)c2)c(F)c1. The fraction of sp³-hybridized carbons (Fsp3) is 0.333. The fourth-order valence-electron chi connectivity index (χ4n) is 2.36. The maximum absolute atomic E-state index is 14.2. The summed E-state index contributed by atoms with van der Waals surface area (Å²) in [6, 6.07) is 3.12. The first kappa shape index (κ1) is 21.8. The number of benzene rings is 2. The molecule has 0 bridgehead atoms. The molecule has 0 radical (unpaired) electrons. The summed E-state index contributed by atoms with van der Waals surface area (Å²) >= 11 is 0. The van der Waals surface area contributed by atoms with Gasteiger partial charge < -0.3 is 9.47 Å². The average molecular weight is 414 g/mol. The van der Waals surface area contributed by atoms with Crippen LogP contribution in [-0.4, -0.2) is 12.8 Å². The van der Waals surface area contributed by atoms with Gasteiger partial charge >= 0.3 is 12.3 Å². The maximum Gasteiger partial charge on any atom is 0.432 e. The van der Waals surface area contributed by atoms with E-state index in [0.29, 0.717) is 24.6 Å². The summed E-state index contributed by atoms with van der Waals surface area (Å²) in [5.74, 6) is -6.22. The minimum absolute atomic E-state index is 0.175. The van der Waals surface area contributed by atoms with E-state index in [9.17, 15) is 35.1 Å². The number of halogens is 8. The van der Waals surface area contributed by atoms with Crippen LogP contribution < -0.4 is 9.47 Å². The van der Waals surface area contributed by atoms with E-state index in [2.05, 4.69) is 9.47 Å². The van der Waals surface area contributed by atoms with Crippen LogP contribution in [0.2, 0.25) is 0 Å². The van der Waals surface area contributed by atoms with E-state index in [1.54, 1.807) is 6.92 Å². The van der Waals surface area contributed by atoms with Crippen LogP contribution in [0.15, 0.2) is 30.3 Å². The quantitative estimate of drug-likeness (QED) is 0.508. The molecule has 0 aliphatic rings. The second-order valence-corrected chi connectivity index (χ2v) is 5.80. The summed E-state index contributed by atoms with van der Waals surface area (Å²) in [7, 11) is 0. The van der Waals surface area contributed by atoms with E-state index in [-0.39, 0.29) is 12.0 Å². The third kappa shape index (κ3) is 5.49. The van der Waals surface area contributed by atoms with Crippen molar-refractivity contribution in [3.05, 3.63) is 58.9 Å². The van der Waals surface area contributed by atoms with Crippen molar-refractivity contribution in [1.82, 2.24) is 0 Å². The fourth-order valence-corrected chi connectivity index (χ4v) is 2.36. The van der Waals surface area contributed by atoms with Gasteiger partial charge in [0, 0.05) is 6.07 Å². The Hall–Kier alpha value is -2.52. The molecule has 2 rings (SSSR count). The van der Waals surface area contributed by atoms with Crippen molar-refractivity contribution in [2.75, 3.05) is 6.61 Å². The molecule has 0 aliphatic carbocycles. The first-order chi connectivity index (χ1) is 12.9. The number of rotatable bonds is 7. The zero-order chi connectivity index (χ0) is 21.1. The minimum atomic E-state index is -4.73. The minimum Gasteiger partial charge on any atom is -0.481 e. The lowest BCUT2D eigenvalue weighted by Crippen LogP contribution is -2.25. The second-order valence-electron chi connectivity index (χ2n) is 5.80. The van der Waals surface area contributed by atoms with Gasteiger partial charge in [-0.1, -0.05) is 13.3 Å². The molecule has 2 aromatic carbocycles. The van der Waals surface area contributed by atoms with Crippen LogP contribution in [0.5, 0.6) is 11.5 Å². The molecular weight excluding hydrogens is 400 g/mol. The molecule has 0 fully saturated rings. The Kier molecular flexibility index (Phi) is 6.41. The van der Waals surface area contributed by atoms with E-state index >= 15 is 0 Å². The molecule has 0 aromatic heterocycles. The summed E-state index contributed by atoms with van der Waals surface area (Å²) in [5.41, 5.74) is -1.49. The van der Waals surface area contributed by atoms with Crippen molar-refractivity contribution >= 4 is 0 Å². The topological polar surface area (TPSA) is 18.5 Å². The normalized spacial score (nSPS) is 12.2. The van der Waals surface area contributed by atoms with Gasteiger partial charge in [-0.15, -0.1) is 0 Å². The summed E-state index contributed by atoms with van der Waals surface area (Å²) in [5, 5.41) is 0. The highest BCUT2D eigenvalue weighted by atomic mass is 19.4. The van der Waals surface area contributed by atoms with Crippen LogP contribution in [0.25, 0.3) is 0 Å². The third-order valence-corrected chi connectivity index (χ3v) is 3.47. The van der Waals surface area contributed by atoms with Crippen molar-refractivity contribution in [3.8, 4) is 11.5 Å². The highest BCUT2D eigenvalue weighted by molar-refractivity contribution is 5.35. The van der Waals surface area contributed by atoms with Gasteiger partial charge in [-0.05, 0) is 36.2 Å². The zero-order valence-electron chi connectivity index (χ0n) is 14.3. The number of hydrogen-bond donors (Lipinski definition) is 0. The van der Waals surface area contributed by atoms with Crippen molar-refractivity contribution in [1.29, 1.82) is 0 Å². The summed E-state index contributed by atoms with van der Waals surface area (Å²) in [4.78, 5) is 0. The molecule has 0 spiro atoms. The van der Waals surface area contributed by atoms with Crippen molar-refractivity contribution < 1.29 is 44.6 Å². The molecule has 28 heavy (non-hydrogen) atoms. The second kappa shape index (κ2) is 8.24. The summed E-state index contributed by atoms with van der Waals surface area (Å²) in [6.07, 6.45) is -8.42. The van der Waals surface area contributed by atoms with Crippen LogP contribution in [0, 0.1) is 17.5 Å². The Morgan fingerprint density at radius 1 is 0.857 bits per heavy atom. The van der Waals surface area contributed by atoms with Crippen molar-refractivity contribution in [3.63, 3.8) is 0 Å². The highest BCUT2D eigenvalue weighted by Crippen LogP contribution is 2.36. The van der Waals surface area contributed by atoms with Crippen LogP contribution in [0.3, 0.4) is 0 Å². The van der Waals surface area contributed by atoms with Crippen LogP contribution in [-0.2, 0) is 12.5 Å². The number of hydrogen-bond acceptors (Lipinski definition) is 2. The first-order valence-electron chi connectivity index (χ1n) is 7.97. The maximum atomic E-state index is 14.2. The van der Waals surface area contributed by atoms with Gasteiger partial charge in [-0.2, -0.15) is 22.0 Å². The monoisotopic (exact) mass is 414 g/mol. The van der Waals surface area contributed by atoms with Crippen molar-refractivity contribution in [2.45, 2.75) is 32.1 Å². The third-order valence-electron chi connectivity index (χ3n) is 3.47. The highest BCUT2D eigenvalue weighted by Gasteiger charge is 2.41. The number of aryl methyl sites for hydroxylation is 1. The summed E-state index contributed by atoms with van der Waals surface area (Å²) in [6.45, 7) is -0.0567. The number of ether oxygens (including phenoxy) is 2. The molecule has 2 aromatic rings. The Morgan fingerprint density at radius 2 is 1.46 bits per heavy atom. The smallest absolute Gasteiger partial charge is 0.432 e. The van der Waals surface area contributed by atoms with E-state index in [4.69, 9.17) is 0 Å². The zero-order valence-corrected chi connectivity index (χ0v) is 14.3. The van der Waals surface area contributed by atoms with Gasteiger partial charge in [-0.25, -0.2) is 13.2 Å². The molecule has 154 valence electrons. The molecular formula is C18H14F8O2. The van der Waals surface area contributed by atoms with Gasteiger partial charge in [0.05, 0.1) is 0 Å². The van der Waals surface area contributed by atoms with Crippen LogP contribution >= 0.6 is 0 Å². The molecule has 0 N–H and O–H groups in total. The Morgan fingerprint density at radius 3 is 1.96 bits per heavy atom. The van der Waals surface area contributed by atoms with E-state index in [0.717, 1.165) is 12.1 Å². The van der Waals surface area contributed by atoms with Gasteiger partial charge in [0.15, 0.2) is 18.2 Å². The summed E-state index contributed by atoms with van der Waals surface area (Å²) < 4.78 is 115. The molecule has 2 nitrogen and oxygen atoms in total. The van der Waals surface area contributed by atoms with E-state index in [1.165, 1.54) is 0 Å². The van der Waals surface area contributed by atoms with E-state index in [1.807, 2.05) is 0 Å². The Bertz CT molecular complexity index is 810.